The first-order valence-electron chi connectivity index (χ1n) is 9.50. The predicted octanol–water partition coefficient (Wildman–Crippen LogP) is 4.94. The quantitative estimate of drug-likeness (QED) is 0.773. The van der Waals surface area contributed by atoms with Crippen LogP contribution in [0, 0.1) is 6.92 Å². The van der Waals surface area contributed by atoms with Crippen LogP contribution in [0.15, 0.2) is 5.38 Å². The molecule has 2 aromatic rings. The maximum absolute atomic E-state index is 12.6. The third-order valence-electron chi connectivity index (χ3n) is 5.45. The van der Waals surface area contributed by atoms with Crippen LogP contribution in [-0.2, 0) is 5.54 Å². The Labute approximate surface area is 161 Å². The van der Waals surface area contributed by atoms with Crippen LogP contribution >= 0.6 is 22.7 Å². The van der Waals surface area contributed by atoms with E-state index >= 15 is 0 Å². The minimum atomic E-state index is -0.333. The average molecular weight is 392 g/mol. The molecule has 0 aliphatic heterocycles. The Hall–Kier alpha value is -1.54. The summed E-state index contributed by atoms with van der Waals surface area (Å²) >= 11 is 3.16. The van der Waals surface area contributed by atoms with Crippen LogP contribution in [-0.4, -0.2) is 21.2 Å². The molecule has 6 nitrogen and oxygen atoms in total. The van der Waals surface area contributed by atoms with Crippen LogP contribution in [0.3, 0.4) is 0 Å². The number of anilines is 1. The van der Waals surface area contributed by atoms with Gasteiger partial charge in [0.05, 0.1) is 5.54 Å². The summed E-state index contributed by atoms with van der Waals surface area (Å²) in [4.78, 5) is 17.3. The lowest BCUT2D eigenvalue weighted by Gasteiger charge is -2.27. The van der Waals surface area contributed by atoms with Crippen molar-refractivity contribution in [2.45, 2.75) is 76.2 Å². The molecular formula is C18H25N5OS2. The highest BCUT2D eigenvalue weighted by molar-refractivity contribution is 7.15. The van der Waals surface area contributed by atoms with Gasteiger partial charge < -0.3 is 5.32 Å². The summed E-state index contributed by atoms with van der Waals surface area (Å²) in [5.74, 6) is 0.513. The van der Waals surface area contributed by atoms with Gasteiger partial charge in [-0.3, -0.25) is 5.32 Å². The highest BCUT2D eigenvalue weighted by atomic mass is 32.1. The molecule has 2 aliphatic rings. The molecule has 0 saturated heterocycles. The van der Waals surface area contributed by atoms with Crippen molar-refractivity contribution in [2.24, 2.45) is 0 Å². The van der Waals surface area contributed by atoms with Crippen molar-refractivity contribution in [3.63, 3.8) is 0 Å². The summed E-state index contributed by atoms with van der Waals surface area (Å²) in [6, 6.07) is -0.203. The maximum Gasteiger partial charge on any atom is 0.321 e. The fourth-order valence-corrected chi connectivity index (χ4v) is 6.01. The number of carbonyl (C=O) groups is 1. The lowest BCUT2D eigenvalue weighted by atomic mass is 9.90. The number of urea groups is 1. The molecule has 2 saturated carbocycles. The number of carbonyl (C=O) groups excluding carboxylic acids is 1. The van der Waals surface area contributed by atoms with E-state index in [2.05, 4.69) is 31.2 Å². The predicted molar refractivity (Wildman–Crippen MR) is 105 cm³/mol. The van der Waals surface area contributed by atoms with E-state index in [9.17, 15) is 4.79 Å². The Kier molecular flexibility index (Phi) is 5.22. The van der Waals surface area contributed by atoms with Gasteiger partial charge in [-0.25, -0.2) is 9.78 Å². The van der Waals surface area contributed by atoms with Gasteiger partial charge in [0, 0.05) is 17.0 Å². The van der Waals surface area contributed by atoms with E-state index in [1.54, 1.807) is 11.3 Å². The largest absolute Gasteiger partial charge is 0.326 e. The molecule has 0 aromatic carbocycles. The van der Waals surface area contributed by atoms with Gasteiger partial charge in [0.25, 0.3) is 0 Å². The lowest BCUT2D eigenvalue weighted by molar-refractivity contribution is 0.236. The number of hydrogen-bond donors (Lipinski definition) is 2. The van der Waals surface area contributed by atoms with E-state index in [1.165, 1.54) is 43.4 Å². The van der Waals surface area contributed by atoms with Crippen LogP contribution in [0.5, 0.6) is 0 Å². The summed E-state index contributed by atoms with van der Waals surface area (Å²) < 4.78 is 0. The molecule has 0 radical (unpaired) electrons. The molecular weight excluding hydrogens is 366 g/mol. The van der Waals surface area contributed by atoms with Crippen molar-refractivity contribution in [3.8, 4) is 0 Å². The lowest BCUT2D eigenvalue weighted by Crippen LogP contribution is -2.45. The summed E-state index contributed by atoms with van der Waals surface area (Å²) in [5, 5.41) is 19.3. The fraction of sp³-hybridized carbons (Fsp3) is 0.667. The maximum atomic E-state index is 12.6. The molecule has 8 heteroatoms. The third-order valence-corrected chi connectivity index (χ3v) is 7.62. The van der Waals surface area contributed by atoms with Crippen LogP contribution < -0.4 is 10.6 Å². The molecule has 4 rings (SSSR count). The molecule has 0 bridgehead atoms. The molecule has 2 amide bonds. The zero-order valence-corrected chi connectivity index (χ0v) is 16.7. The second-order valence-corrected chi connectivity index (χ2v) is 9.31. The minimum Gasteiger partial charge on any atom is -0.326 e. The van der Waals surface area contributed by atoms with Gasteiger partial charge >= 0.3 is 6.03 Å². The van der Waals surface area contributed by atoms with Gasteiger partial charge in [-0.15, -0.1) is 21.5 Å². The summed E-state index contributed by atoms with van der Waals surface area (Å²) in [6.45, 7) is 2.00. The fourth-order valence-electron chi connectivity index (χ4n) is 4.09. The zero-order valence-electron chi connectivity index (χ0n) is 15.1. The van der Waals surface area contributed by atoms with Crippen molar-refractivity contribution >= 4 is 33.8 Å². The zero-order chi connectivity index (χ0) is 18.0. The second kappa shape index (κ2) is 7.60. The molecule has 0 spiro atoms. The highest BCUT2D eigenvalue weighted by Gasteiger charge is 2.39. The van der Waals surface area contributed by atoms with E-state index in [4.69, 9.17) is 0 Å². The van der Waals surface area contributed by atoms with Gasteiger partial charge in [0.15, 0.2) is 0 Å². The number of amides is 2. The molecule has 0 unspecified atom stereocenters. The van der Waals surface area contributed by atoms with Crippen LogP contribution in [0.4, 0.5) is 9.93 Å². The van der Waals surface area contributed by atoms with Crippen molar-refractivity contribution < 1.29 is 4.79 Å². The van der Waals surface area contributed by atoms with E-state index in [1.807, 2.05) is 6.92 Å². The first-order valence-corrected chi connectivity index (χ1v) is 11.2. The van der Waals surface area contributed by atoms with Crippen molar-refractivity contribution in [1.29, 1.82) is 0 Å². The van der Waals surface area contributed by atoms with Gasteiger partial charge in [-0.1, -0.05) is 43.4 Å². The molecule has 140 valence electrons. The normalized spacial score (nSPS) is 20.2. The van der Waals surface area contributed by atoms with Gasteiger partial charge in [-0.2, -0.15) is 0 Å². The minimum absolute atomic E-state index is 0.203. The first-order chi connectivity index (χ1) is 12.6. The van der Waals surface area contributed by atoms with E-state index in [0.29, 0.717) is 11.0 Å². The van der Waals surface area contributed by atoms with E-state index in [0.717, 1.165) is 41.4 Å². The molecule has 2 fully saturated rings. The van der Waals surface area contributed by atoms with Gasteiger partial charge in [-0.05, 0) is 32.6 Å². The van der Waals surface area contributed by atoms with Crippen molar-refractivity contribution in [1.82, 2.24) is 20.5 Å². The number of thiazole rings is 1. The molecule has 26 heavy (non-hydrogen) atoms. The summed E-state index contributed by atoms with van der Waals surface area (Å²) in [5.41, 5.74) is 0.680. The van der Waals surface area contributed by atoms with E-state index < -0.39 is 0 Å². The van der Waals surface area contributed by atoms with Crippen molar-refractivity contribution in [3.05, 3.63) is 21.1 Å². The highest BCUT2D eigenvalue weighted by Crippen LogP contribution is 2.40. The van der Waals surface area contributed by atoms with Crippen LogP contribution in [0.2, 0.25) is 0 Å². The number of rotatable bonds is 4. The van der Waals surface area contributed by atoms with Gasteiger partial charge in [0.1, 0.15) is 10.0 Å². The Bertz CT molecular complexity index is 759. The third kappa shape index (κ3) is 3.76. The Morgan fingerprint density at radius 2 is 1.92 bits per heavy atom. The molecule has 0 atom stereocenters. The Balaban J connectivity index is 1.42. The standard InChI is InChI=1S/C18H25N5OS2/c1-12-11-25-15(19-12)18(9-5-6-10-18)21-16(24)20-17-23-22-14(26-17)13-7-3-2-4-8-13/h11,13H,2-10H2,1H3,(H2,20,21,23,24). The monoisotopic (exact) mass is 391 g/mol. The van der Waals surface area contributed by atoms with Crippen LogP contribution in [0.25, 0.3) is 0 Å². The Morgan fingerprint density at radius 1 is 1.15 bits per heavy atom. The average Bonchev–Trinajstić information content (AvgIpc) is 3.37. The molecule has 2 aliphatic carbocycles. The second-order valence-electron chi connectivity index (χ2n) is 7.44. The number of nitrogens with zero attached hydrogens (tertiary/aromatic N) is 3. The molecule has 2 heterocycles. The first kappa shape index (κ1) is 17.9. The number of nitrogens with one attached hydrogen (secondary N) is 2. The molecule has 2 aromatic heterocycles. The van der Waals surface area contributed by atoms with Crippen molar-refractivity contribution in [2.75, 3.05) is 5.32 Å². The number of aromatic nitrogens is 3. The summed E-state index contributed by atoms with van der Waals surface area (Å²) in [7, 11) is 0. The Morgan fingerprint density at radius 3 is 2.62 bits per heavy atom. The van der Waals surface area contributed by atoms with Gasteiger partial charge in [0.2, 0.25) is 5.13 Å². The SMILES string of the molecule is Cc1csc(C2(NC(=O)Nc3nnc(C4CCCCC4)s3)CCCC2)n1. The topological polar surface area (TPSA) is 79.8 Å². The van der Waals surface area contributed by atoms with Crippen LogP contribution in [0.1, 0.15) is 79.4 Å². The summed E-state index contributed by atoms with van der Waals surface area (Å²) in [6.07, 6.45) is 10.3. The number of hydrogen-bond acceptors (Lipinski definition) is 6. The molecule has 2 N–H and O–H groups in total. The van der Waals surface area contributed by atoms with E-state index in [-0.39, 0.29) is 11.6 Å². The smallest absolute Gasteiger partial charge is 0.321 e. The number of aryl methyl sites for hydroxylation is 1.